The number of pyridine rings is 1. The Morgan fingerprint density at radius 3 is 2.21 bits per heavy atom. The molecule has 3 aromatic rings. The van der Waals surface area contributed by atoms with Crippen LogP contribution >= 0.6 is 0 Å². The summed E-state index contributed by atoms with van der Waals surface area (Å²) >= 11 is 0. The molecule has 2 aromatic carbocycles. The highest BCUT2D eigenvalue weighted by molar-refractivity contribution is 5.71. The maximum Gasteiger partial charge on any atom is 0.305 e. The third kappa shape index (κ3) is 5.68. The van der Waals surface area contributed by atoms with E-state index in [9.17, 15) is 4.79 Å². The van der Waals surface area contributed by atoms with E-state index in [1.165, 1.54) is 0 Å². The van der Waals surface area contributed by atoms with Gasteiger partial charge in [0.05, 0.1) is 18.9 Å². The first kappa shape index (κ1) is 19.6. The van der Waals surface area contributed by atoms with Gasteiger partial charge in [-0.25, -0.2) is 4.98 Å². The van der Waals surface area contributed by atoms with Gasteiger partial charge in [-0.1, -0.05) is 60.7 Å². The van der Waals surface area contributed by atoms with Gasteiger partial charge in [-0.2, -0.15) is 0 Å². The molecule has 3 rings (SSSR count). The Kier molecular flexibility index (Phi) is 7.19. The van der Waals surface area contributed by atoms with Gasteiger partial charge in [0.1, 0.15) is 0 Å². The van der Waals surface area contributed by atoms with Crippen LogP contribution in [-0.4, -0.2) is 24.2 Å². The zero-order chi connectivity index (χ0) is 19.6. The summed E-state index contributed by atoms with van der Waals surface area (Å²) in [7, 11) is 0. The normalized spacial score (nSPS) is 10.5. The number of aromatic nitrogens is 1. The Morgan fingerprint density at radius 1 is 0.857 bits per heavy atom. The van der Waals surface area contributed by atoms with Crippen molar-refractivity contribution in [2.45, 2.75) is 26.2 Å². The average Bonchev–Trinajstić information content (AvgIpc) is 2.75. The van der Waals surface area contributed by atoms with Gasteiger partial charge in [0, 0.05) is 18.1 Å². The topological polar surface area (TPSA) is 48.4 Å². The molecular weight excluding hydrogens is 350 g/mol. The quantitative estimate of drug-likeness (QED) is 0.364. The molecule has 0 bridgehead atoms. The van der Waals surface area contributed by atoms with E-state index in [0.717, 1.165) is 35.2 Å². The number of nitrogens with zero attached hydrogens (tertiary/aromatic N) is 1. The molecule has 1 heterocycles. The monoisotopic (exact) mass is 375 g/mol. The molecule has 144 valence electrons. The van der Waals surface area contributed by atoms with Crippen LogP contribution in [0.15, 0.2) is 72.8 Å². The first-order valence-electron chi connectivity index (χ1n) is 9.67. The minimum Gasteiger partial charge on any atom is -0.478 e. The molecular formula is C24H25NO3. The van der Waals surface area contributed by atoms with E-state index in [2.05, 4.69) is 23.2 Å². The Balaban J connectivity index is 1.72. The fourth-order valence-electron chi connectivity index (χ4n) is 2.91. The Labute approximate surface area is 166 Å². The molecule has 4 heteroatoms. The fourth-order valence-corrected chi connectivity index (χ4v) is 2.91. The zero-order valence-electron chi connectivity index (χ0n) is 16.1. The Morgan fingerprint density at radius 2 is 1.54 bits per heavy atom. The minimum absolute atomic E-state index is 0.155. The van der Waals surface area contributed by atoms with Gasteiger partial charge >= 0.3 is 5.97 Å². The van der Waals surface area contributed by atoms with Gasteiger partial charge in [-0.05, 0) is 37.0 Å². The Bertz CT molecular complexity index is 821. The number of benzene rings is 2. The summed E-state index contributed by atoms with van der Waals surface area (Å²) in [6.07, 6.45) is 1.93. The molecule has 0 aliphatic rings. The van der Waals surface area contributed by atoms with Crippen LogP contribution in [0.4, 0.5) is 0 Å². The number of hydrogen-bond donors (Lipinski definition) is 0. The van der Waals surface area contributed by atoms with Crippen LogP contribution in [0.3, 0.4) is 0 Å². The summed E-state index contributed by atoms with van der Waals surface area (Å²) in [4.78, 5) is 16.1. The standard InChI is InChI=1S/C24H25NO3/c1-2-27-24(26)15-9-10-16-28-23-18-21(19-11-5-3-6-12-19)17-22(25-23)20-13-7-4-8-14-20/h3-8,11-14,17-18H,2,9-10,15-16H2,1H3. The smallest absolute Gasteiger partial charge is 0.305 e. The number of ether oxygens (including phenoxy) is 2. The lowest BCUT2D eigenvalue weighted by atomic mass is 10.0. The van der Waals surface area contributed by atoms with E-state index >= 15 is 0 Å². The lowest BCUT2D eigenvalue weighted by Crippen LogP contribution is -2.05. The second-order valence-corrected chi connectivity index (χ2v) is 6.42. The molecule has 0 atom stereocenters. The summed E-state index contributed by atoms with van der Waals surface area (Å²) in [6, 6.07) is 24.3. The van der Waals surface area contributed by atoms with Crippen LogP contribution in [0.25, 0.3) is 22.4 Å². The third-order valence-electron chi connectivity index (χ3n) is 4.31. The van der Waals surface area contributed by atoms with Gasteiger partial charge in [-0.15, -0.1) is 0 Å². The predicted molar refractivity (Wildman–Crippen MR) is 111 cm³/mol. The van der Waals surface area contributed by atoms with Gasteiger partial charge < -0.3 is 9.47 Å². The van der Waals surface area contributed by atoms with Crippen LogP contribution in [0.2, 0.25) is 0 Å². The molecule has 28 heavy (non-hydrogen) atoms. The van der Waals surface area contributed by atoms with E-state index in [0.29, 0.717) is 25.5 Å². The van der Waals surface area contributed by atoms with Crippen LogP contribution in [0.1, 0.15) is 26.2 Å². The number of rotatable bonds is 9. The molecule has 0 amide bonds. The minimum atomic E-state index is -0.155. The van der Waals surface area contributed by atoms with Crippen molar-refractivity contribution in [3.8, 4) is 28.3 Å². The number of unbranched alkanes of at least 4 members (excludes halogenated alkanes) is 1. The van der Waals surface area contributed by atoms with Crippen molar-refractivity contribution in [3.63, 3.8) is 0 Å². The molecule has 0 unspecified atom stereocenters. The van der Waals surface area contributed by atoms with E-state index in [-0.39, 0.29) is 5.97 Å². The molecule has 0 aliphatic heterocycles. The van der Waals surface area contributed by atoms with Gasteiger partial charge in [0.15, 0.2) is 0 Å². The van der Waals surface area contributed by atoms with Crippen molar-refractivity contribution >= 4 is 5.97 Å². The van der Waals surface area contributed by atoms with Crippen LogP contribution in [0.5, 0.6) is 5.88 Å². The molecule has 4 nitrogen and oxygen atoms in total. The maximum absolute atomic E-state index is 11.4. The molecule has 0 N–H and O–H groups in total. The van der Waals surface area contributed by atoms with Gasteiger partial charge in [-0.3, -0.25) is 4.79 Å². The van der Waals surface area contributed by atoms with E-state index in [1.807, 2.05) is 61.5 Å². The molecule has 0 fully saturated rings. The van der Waals surface area contributed by atoms with E-state index in [1.54, 1.807) is 0 Å². The molecule has 0 saturated carbocycles. The highest BCUT2D eigenvalue weighted by Crippen LogP contribution is 2.28. The number of carbonyl (C=O) groups is 1. The number of carbonyl (C=O) groups excluding carboxylic acids is 1. The lowest BCUT2D eigenvalue weighted by Gasteiger charge is -2.11. The van der Waals surface area contributed by atoms with Crippen molar-refractivity contribution < 1.29 is 14.3 Å². The second-order valence-electron chi connectivity index (χ2n) is 6.42. The molecule has 1 aromatic heterocycles. The number of hydrogen-bond acceptors (Lipinski definition) is 4. The SMILES string of the molecule is CCOC(=O)CCCCOc1cc(-c2ccccc2)cc(-c2ccccc2)n1. The maximum atomic E-state index is 11.4. The highest BCUT2D eigenvalue weighted by atomic mass is 16.5. The molecule has 0 aliphatic carbocycles. The van der Waals surface area contributed by atoms with Crippen molar-refractivity contribution in [2.75, 3.05) is 13.2 Å². The first-order valence-corrected chi connectivity index (χ1v) is 9.67. The molecule has 0 saturated heterocycles. The fraction of sp³-hybridized carbons (Fsp3) is 0.250. The summed E-state index contributed by atoms with van der Waals surface area (Å²) in [6.45, 7) is 2.75. The highest BCUT2D eigenvalue weighted by Gasteiger charge is 2.08. The Hall–Kier alpha value is -3.14. The van der Waals surface area contributed by atoms with E-state index < -0.39 is 0 Å². The van der Waals surface area contributed by atoms with E-state index in [4.69, 9.17) is 9.47 Å². The lowest BCUT2D eigenvalue weighted by molar-refractivity contribution is -0.143. The van der Waals surface area contributed by atoms with Crippen molar-refractivity contribution in [1.82, 2.24) is 4.98 Å². The number of esters is 1. The van der Waals surface area contributed by atoms with Gasteiger partial charge in [0.25, 0.3) is 0 Å². The van der Waals surface area contributed by atoms with Crippen LogP contribution in [-0.2, 0) is 9.53 Å². The largest absolute Gasteiger partial charge is 0.478 e. The predicted octanol–water partition coefficient (Wildman–Crippen LogP) is 5.53. The average molecular weight is 375 g/mol. The van der Waals surface area contributed by atoms with Crippen LogP contribution in [0, 0.1) is 0 Å². The second kappa shape index (κ2) is 10.3. The summed E-state index contributed by atoms with van der Waals surface area (Å²) in [5, 5.41) is 0. The summed E-state index contributed by atoms with van der Waals surface area (Å²) in [5.74, 6) is 0.439. The molecule has 0 spiro atoms. The zero-order valence-corrected chi connectivity index (χ0v) is 16.1. The van der Waals surface area contributed by atoms with Crippen molar-refractivity contribution in [3.05, 3.63) is 72.8 Å². The third-order valence-corrected chi connectivity index (χ3v) is 4.31. The van der Waals surface area contributed by atoms with Crippen molar-refractivity contribution in [2.24, 2.45) is 0 Å². The van der Waals surface area contributed by atoms with Crippen LogP contribution < -0.4 is 4.74 Å². The summed E-state index contributed by atoms with van der Waals surface area (Å²) < 4.78 is 10.9. The van der Waals surface area contributed by atoms with Crippen molar-refractivity contribution in [1.29, 1.82) is 0 Å². The van der Waals surface area contributed by atoms with Gasteiger partial charge in [0.2, 0.25) is 5.88 Å². The first-order chi connectivity index (χ1) is 13.8. The summed E-state index contributed by atoms with van der Waals surface area (Å²) in [5.41, 5.74) is 4.11. The molecule has 0 radical (unpaired) electrons.